The van der Waals surface area contributed by atoms with E-state index in [9.17, 15) is 0 Å². The van der Waals surface area contributed by atoms with Crippen molar-refractivity contribution in [3.05, 3.63) is 58.9 Å². The molecule has 4 rings (SSSR count). The summed E-state index contributed by atoms with van der Waals surface area (Å²) in [5, 5.41) is 10.7. The number of rotatable bonds is 3. The van der Waals surface area contributed by atoms with Crippen LogP contribution in [0, 0.1) is 0 Å². The molecule has 0 aliphatic carbocycles. The summed E-state index contributed by atoms with van der Waals surface area (Å²) in [6.07, 6.45) is 0. The Bertz CT molecular complexity index is 918. The second-order valence-electron chi connectivity index (χ2n) is 4.80. The van der Waals surface area contributed by atoms with Gasteiger partial charge in [0.15, 0.2) is 0 Å². The largest absolute Gasteiger partial charge is 0.334 e. The van der Waals surface area contributed by atoms with Crippen molar-refractivity contribution in [2.75, 3.05) is 0 Å². The van der Waals surface area contributed by atoms with Gasteiger partial charge in [-0.2, -0.15) is 4.98 Å². The molecule has 0 N–H and O–H groups in total. The van der Waals surface area contributed by atoms with Gasteiger partial charge in [-0.05, 0) is 35.8 Å². The number of nitrogens with zero attached hydrogens (tertiary/aromatic N) is 4. The maximum absolute atomic E-state index is 5.88. The van der Waals surface area contributed by atoms with Gasteiger partial charge < -0.3 is 4.52 Å². The summed E-state index contributed by atoms with van der Waals surface area (Å²) in [5.41, 5.74) is 3.57. The first-order valence-electron chi connectivity index (χ1n) is 6.77. The number of hydrogen-bond donors (Lipinski definition) is 0. The minimum Gasteiger partial charge on any atom is -0.334 e. The molecule has 0 spiro atoms. The molecule has 0 fully saturated rings. The van der Waals surface area contributed by atoms with E-state index in [0.29, 0.717) is 16.7 Å². The van der Waals surface area contributed by atoms with Crippen LogP contribution in [-0.4, -0.2) is 19.7 Å². The summed E-state index contributed by atoms with van der Waals surface area (Å²) < 4.78 is 9.19. The van der Waals surface area contributed by atoms with Gasteiger partial charge >= 0.3 is 0 Å². The summed E-state index contributed by atoms with van der Waals surface area (Å²) in [5.74, 6) is 1.00. The second kappa shape index (κ2) is 5.91. The highest BCUT2D eigenvalue weighted by Crippen LogP contribution is 2.25. The molecule has 0 saturated heterocycles. The van der Waals surface area contributed by atoms with Crippen LogP contribution in [0.5, 0.6) is 0 Å². The lowest BCUT2D eigenvalue weighted by Gasteiger charge is -1.97. The van der Waals surface area contributed by atoms with Gasteiger partial charge in [0, 0.05) is 27.1 Å². The van der Waals surface area contributed by atoms with Gasteiger partial charge in [0.1, 0.15) is 5.69 Å². The van der Waals surface area contributed by atoms with E-state index in [0.717, 1.165) is 22.4 Å². The van der Waals surface area contributed by atoms with Crippen molar-refractivity contribution >= 4 is 23.1 Å². The van der Waals surface area contributed by atoms with Crippen LogP contribution in [0.1, 0.15) is 0 Å². The fourth-order valence-electron chi connectivity index (χ4n) is 2.13. The topological polar surface area (TPSA) is 64.7 Å². The van der Waals surface area contributed by atoms with Crippen molar-refractivity contribution < 1.29 is 4.52 Å². The van der Waals surface area contributed by atoms with Crippen molar-refractivity contribution in [3.8, 4) is 34.1 Å². The SMILES string of the molecule is Clc1ccc(-c2nc(-c3ccc(-c4csnn4)cc3)no2)cc1. The van der Waals surface area contributed by atoms with Gasteiger partial charge in [0.05, 0.1) is 0 Å². The first-order valence-corrected chi connectivity index (χ1v) is 7.98. The van der Waals surface area contributed by atoms with E-state index in [1.807, 2.05) is 41.8 Å². The summed E-state index contributed by atoms with van der Waals surface area (Å²) in [6, 6.07) is 15.1. The third kappa shape index (κ3) is 2.86. The van der Waals surface area contributed by atoms with Gasteiger partial charge in [-0.25, -0.2) is 0 Å². The zero-order valence-corrected chi connectivity index (χ0v) is 13.3. The summed E-state index contributed by atoms with van der Waals surface area (Å²) in [4.78, 5) is 4.43. The van der Waals surface area contributed by atoms with Crippen LogP contribution in [-0.2, 0) is 0 Å². The van der Waals surface area contributed by atoms with E-state index >= 15 is 0 Å². The molecule has 0 aliphatic rings. The van der Waals surface area contributed by atoms with Crippen molar-refractivity contribution in [3.63, 3.8) is 0 Å². The van der Waals surface area contributed by atoms with Crippen LogP contribution in [0.4, 0.5) is 0 Å². The van der Waals surface area contributed by atoms with E-state index in [1.54, 1.807) is 12.1 Å². The Morgan fingerprint density at radius 1 is 0.870 bits per heavy atom. The van der Waals surface area contributed by atoms with Crippen LogP contribution >= 0.6 is 23.1 Å². The fourth-order valence-corrected chi connectivity index (χ4v) is 2.72. The summed E-state index contributed by atoms with van der Waals surface area (Å²) >= 11 is 7.21. The molecule has 0 amide bonds. The fraction of sp³-hybridized carbons (Fsp3) is 0. The molecule has 0 bridgehead atoms. The van der Waals surface area contributed by atoms with E-state index in [2.05, 4.69) is 19.7 Å². The maximum atomic E-state index is 5.88. The Morgan fingerprint density at radius 2 is 1.57 bits per heavy atom. The van der Waals surface area contributed by atoms with E-state index in [-0.39, 0.29) is 0 Å². The maximum Gasteiger partial charge on any atom is 0.258 e. The van der Waals surface area contributed by atoms with E-state index < -0.39 is 0 Å². The molecule has 4 aromatic rings. The Labute approximate surface area is 140 Å². The molecular weight excluding hydrogens is 332 g/mol. The number of hydrogen-bond acceptors (Lipinski definition) is 6. The molecule has 2 heterocycles. The number of aromatic nitrogens is 4. The van der Waals surface area contributed by atoms with Gasteiger partial charge in [-0.3, -0.25) is 0 Å². The average Bonchev–Trinajstić information content (AvgIpc) is 3.28. The molecule has 2 aromatic heterocycles. The van der Waals surface area contributed by atoms with Crippen molar-refractivity contribution in [2.24, 2.45) is 0 Å². The Morgan fingerprint density at radius 3 is 2.26 bits per heavy atom. The van der Waals surface area contributed by atoms with Crippen LogP contribution < -0.4 is 0 Å². The number of benzene rings is 2. The highest BCUT2D eigenvalue weighted by Gasteiger charge is 2.11. The molecule has 0 atom stereocenters. The zero-order chi connectivity index (χ0) is 15.6. The first kappa shape index (κ1) is 14.0. The van der Waals surface area contributed by atoms with Gasteiger partial charge in [0.25, 0.3) is 5.89 Å². The molecule has 23 heavy (non-hydrogen) atoms. The Kier molecular flexibility index (Phi) is 3.61. The predicted octanol–water partition coefficient (Wildman–Crippen LogP) is 4.58. The van der Waals surface area contributed by atoms with Crippen molar-refractivity contribution in [1.82, 2.24) is 19.7 Å². The smallest absolute Gasteiger partial charge is 0.258 e. The molecule has 0 unspecified atom stereocenters. The van der Waals surface area contributed by atoms with Crippen LogP contribution in [0.2, 0.25) is 5.02 Å². The first-order chi connectivity index (χ1) is 11.3. The Hall–Kier alpha value is -2.57. The molecule has 7 heteroatoms. The van der Waals surface area contributed by atoms with Crippen LogP contribution in [0.25, 0.3) is 34.1 Å². The third-order valence-electron chi connectivity index (χ3n) is 3.32. The molecule has 0 aliphatic heterocycles. The molecular formula is C16H9ClN4OS. The van der Waals surface area contributed by atoms with Gasteiger partial charge in [0.2, 0.25) is 5.82 Å². The minimum absolute atomic E-state index is 0.462. The van der Waals surface area contributed by atoms with Crippen molar-refractivity contribution in [2.45, 2.75) is 0 Å². The summed E-state index contributed by atoms with van der Waals surface area (Å²) in [6.45, 7) is 0. The lowest BCUT2D eigenvalue weighted by Crippen LogP contribution is -1.83. The monoisotopic (exact) mass is 340 g/mol. The molecule has 0 radical (unpaired) electrons. The minimum atomic E-state index is 0.462. The van der Waals surface area contributed by atoms with Gasteiger partial charge in [-0.15, -0.1) is 5.10 Å². The lowest BCUT2D eigenvalue weighted by atomic mass is 10.1. The van der Waals surface area contributed by atoms with Crippen LogP contribution in [0.3, 0.4) is 0 Å². The quantitative estimate of drug-likeness (QED) is 0.546. The van der Waals surface area contributed by atoms with Gasteiger partial charge in [-0.1, -0.05) is 45.5 Å². The normalized spacial score (nSPS) is 10.8. The zero-order valence-electron chi connectivity index (χ0n) is 11.7. The van der Waals surface area contributed by atoms with E-state index in [4.69, 9.17) is 16.1 Å². The molecule has 0 saturated carbocycles. The molecule has 2 aromatic carbocycles. The third-order valence-corrected chi connectivity index (χ3v) is 4.07. The highest BCUT2D eigenvalue weighted by molar-refractivity contribution is 7.03. The van der Waals surface area contributed by atoms with Crippen molar-refractivity contribution in [1.29, 1.82) is 0 Å². The lowest BCUT2D eigenvalue weighted by molar-refractivity contribution is 0.432. The molecule has 5 nitrogen and oxygen atoms in total. The second-order valence-corrected chi connectivity index (χ2v) is 5.84. The highest BCUT2D eigenvalue weighted by atomic mass is 35.5. The average molecular weight is 341 g/mol. The number of halogens is 1. The Balaban J connectivity index is 1.62. The molecule has 112 valence electrons. The summed E-state index contributed by atoms with van der Waals surface area (Å²) in [7, 11) is 0. The standard InChI is InChI=1S/C16H9ClN4OS/c17-13-7-5-12(6-8-13)16-18-15(20-22-16)11-3-1-10(2-4-11)14-9-23-21-19-14/h1-9H. The van der Waals surface area contributed by atoms with E-state index in [1.165, 1.54) is 11.5 Å². The predicted molar refractivity (Wildman–Crippen MR) is 89.1 cm³/mol. The van der Waals surface area contributed by atoms with Crippen LogP contribution in [0.15, 0.2) is 58.4 Å².